The fraction of sp³-hybridized carbons (Fsp3) is 0.364. The van der Waals surface area contributed by atoms with Crippen molar-refractivity contribution < 1.29 is 24.5 Å². The van der Waals surface area contributed by atoms with Crippen LogP contribution in [0, 0.1) is 0 Å². The molecule has 1 heterocycles. The molecule has 1 fully saturated rings. The van der Waals surface area contributed by atoms with Crippen LogP contribution < -0.4 is 10.1 Å². The molecule has 3 N–H and O–H groups in total. The van der Waals surface area contributed by atoms with E-state index in [-0.39, 0.29) is 17.5 Å². The number of nitrogens with zero attached hydrogens (tertiary/aromatic N) is 1. The Morgan fingerprint density at radius 2 is 1.76 bits per heavy atom. The standard InChI is InChI=1S/C22H26N2O5/c1-29-18-10-8-16(9-11-18)21(26)23-19-14-24(12-2-3-20(19)25)13-15-4-6-17(7-5-15)22(27)28/h4-11,19-20,25H,2-3,12-14H2,1H3,(H,23,26)(H,27,28). The van der Waals surface area contributed by atoms with E-state index in [0.29, 0.717) is 30.8 Å². The number of hydrogen-bond donors (Lipinski definition) is 3. The summed E-state index contributed by atoms with van der Waals surface area (Å²) in [4.78, 5) is 25.8. The van der Waals surface area contributed by atoms with Gasteiger partial charge in [0.25, 0.3) is 5.91 Å². The van der Waals surface area contributed by atoms with E-state index in [1.807, 2.05) is 0 Å². The second-order valence-electron chi connectivity index (χ2n) is 7.26. The molecule has 7 heteroatoms. The number of benzene rings is 2. The Balaban J connectivity index is 1.64. The molecule has 0 bridgehead atoms. The Morgan fingerprint density at radius 3 is 2.38 bits per heavy atom. The van der Waals surface area contributed by atoms with Crippen molar-refractivity contribution >= 4 is 11.9 Å². The van der Waals surface area contributed by atoms with Gasteiger partial charge in [0.15, 0.2) is 0 Å². The molecule has 0 spiro atoms. The quantitative estimate of drug-likeness (QED) is 0.690. The minimum atomic E-state index is -0.948. The number of amides is 1. The number of carbonyl (C=O) groups is 2. The van der Waals surface area contributed by atoms with Crippen molar-refractivity contribution in [3.05, 3.63) is 65.2 Å². The van der Waals surface area contributed by atoms with Gasteiger partial charge in [-0.3, -0.25) is 9.69 Å². The van der Waals surface area contributed by atoms with Gasteiger partial charge in [-0.25, -0.2) is 4.79 Å². The number of aliphatic hydroxyl groups excluding tert-OH is 1. The summed E-state index contributed by atoms with van der Waals surface area (Å²) in [5, 5.41) is 22.5. The summed E-state index contributed by atoms with van der Waals surface area (Å²) in [6.07, 6.45) is 0.822. The number of carboxylic acid groups (broad SMARTS) is 1. The van der Waals surface area contributed by atoms with Gasteiger partial charge in [0, 0.05) is 18.7 Å². The molecular weight excluding hydrogens is 372 g/mol. The van der Waals surface area contributed by atoms with Gasteiger partial charge in [0.2, 0.25) is 0 Å². The lowest BCUT2D eigenvalue weighted by molar-refractivity contribution is 0.0696. The van der Waals surface area contributed by atoms with E-state index in [4.69, 9.17) is 9.84 Å². The first-order chi connectivity index (χ1) is 14.0. The van der Waals surface area contributed by atoms with Crippen LogP contribution in [0.15, 0.2) is 48.5 Å². The molecule has 0 saturated carbocycles. The zero-order valence-electron chi connectivity index (χ0n) is 16.4. The zero-order valence-corrected chi connectivity index (χ0v) is 16.4. The Morgan fingerprint density at radius 1 is 1.10 bits per heavy atom. The van der Waals surface area contributed by atoms with Crippen LogP contribution in [-0.4, -0.2) is 59.3 Å². The van der Waals surface area contributed by atoms with Gasteiger partial charge < -0.3 is 20.3 Å². The molecule has 0 aliphatic carbocycles. The van der Waals surface area contributed by atoms with Crippen LogP contribution in [0.3, 0.4) is 0 Å². The van der Waals surface area contributed by atoms with Gasteiger partial charge in [0.1, 0.15) is 5.75 Å². The predicted molar refractivity (Wildman–Crippen MR) is 108 cm³/mol. The fourth-order valence-corrected chi connectivity index (χ4v) is 3.51. The molecule has 2 unspecified atom stereocenters. The number of likely N-dealkylation sites (tertiary alicyclic amines) is 1. The number of methoxy groups -OCH3 is 1. The number of ether oxygens (including phenoxy) is 1. The van der Waals surface area contributed by atoms with Crippen molar-refractivity contribution in [1.82, 2.24) is 10.2 Å². The molecule has 1 aliphatic heterocycles. The summed E-state index contributed by atoms with van der Waals surface area (Å²) < 4.78 is 5.11. The van der Waals surface area contributed by atoms with Crippen LogP contribution >= 0.6 is 0 Å². The van der Waals surface area contributed by atoms with E-state index in [9.17, 15) is 14.7 Å². The molecule has 3 rings (SSSR count). The Bertz CT molecular complexity index is 835. The average molecular weight is 398 g/mol. The van der Waals surface area contributed by atoms with Crippen LogP contribution in [0.5, 0.6) is 5.75 Å². The lowest BCUT2D eigenvalue weighted by Crippen LogP contribution is -2.48. The van der Waals surface area contributed by atoms with E-state index in [2.05, 4.69) is 10.2 Å². The molecule has 2 aromatic carbocycles. The lowest BCUT2D eigenvalue weighted by Gasteiger charge is -2.27. The molecule has 2 atom stereocenters. The van der Waals surface area contributed by atoms with Crippen LogP contribution in [-0.2, 0) is 6.54 Å². The van der Waals surface area contributed by atoms with E-state index in [1.54, 1.807) is 55.6 Å². The van der Waals surface area contributed by atoms with Gasteiger partial charge in [-0.1, -0.05) is 12.1 Å². The molecule has 1 aliphatic rings. The van der Waals surface area contributed by atoms with Gasteiger partial charge >= 0.3 is 5.97 Å². The third-order valence-corrected chi connectivity index (χ3v) is 5.17. The highest BCUT2D eigenvalue weighted by atomic mass is 16.5. The van der Waals surface area contributed by atoms with E-state index < -0.39 is 12.1 Å². The molecule has 1 amide bonds. The number of nitrogens with one attached hydrogen (secondary N) is 1. The predicted octanol–water partition coefficient (Wildman–Crippen LogP) is 2.15. The molecule has 7 nitrogen and oxygen atoms in total. The summed E-state index contributed by atoms with van der Waals surface area (Å²) in [5.41, 5.74) is 1.76. The van der Waals surface area contributed by atoms with Gasteiger partial charge in [-0.2, -0.15) is 0 Å². The third kappa shape index (κ3) is 5.56. The van der Waals surface area contributed by atoms with Crippen molar-refractivity contribution in [3.8, 4) is 5.75 Å². The normalized spacial score (nSPS) is 19.9. The monoisotopic (exact) mass is 398 g/mol. The minimum absolute atomic E-state index is 0.232. The highest BCUT2D eigenvalue weighted by Gasteiger charge is 2.27. The highest BCUT2D eigenvalue weighted by Crippen LogP contribution is 2.17. The van der Waals surface area contributed by atoms with Gasteiger partial charge in [-0.15, -0.1) is 0 Å². The van der Waals surface area contributed by atoms with Crippen LogP contribution in [0.4, 0.5) is 0 Å². The number of hydrogen-bond acceptors (Lipinski definition) is 5. The van der Waals surface area contributed by atoms with E-state index >= 15 is 0 Å². The summed E-state index contributed by atoms with van der Waals surface area (Å²) in [7, 11) is 1.57. The molecule has 0 radical (unpaired) electrons. The van der Waals surface area contributed by atoms with Crippen molar-refractivity contribution in [2.75, 3.05) is 20.2 Å². The van der Waals surface area contributed by atoms with E-state index in [1.165, 1.54) is 0 Å². The molecule has 154 valence electrons. The van der Waals surface area contributed by atoms with Crippen LogP contribution in [0.2, 0.25) is 0 Å². The van der Waals surface area contributed by atoms with Gasteiger partial charge in [-0.05, 0) is 61.3 Å². The summed E-state index contributed by atoms with van der Waals surface area (Å²) in [5.74, 6) is -0.503. The topological polar surface area (TPSA) is 99.1 Å². The SMILES string of the molecule is COc1ccc(C(=O)NC2CN(Cc3ccc(C(=O)O)cc3)CCCC2O)cc1. The van der Waals surface area contributed by atoms with Crippen LogP contribution in [0.1, 0.15) is 39.1 Å². The summed E-state index contributed by atoms with van der Waals surface area (Å²) in [6, 6.07) is 13.2. The smallest absolute Gasteiger partial charge is 0.335 e. The Labute approximate surface area is 169 Å². The summed E-state index contributed by atoms with van der Waals surface area (Å²) >= 11 is 0. The first kappa shape index (κ1) is 20.8. The largest absolute Gasteiger partial charge is 0.497 e. The van der Waals surface area contributed by atoms with Crippen molar-refractivity contribution in [2.24, 2.45) is 0 Å². The first-order valence-electron chi connectivity index (χ1n) is 9.64. The highest BCUT2D eigenvalue weighted by molar-refractivity contribution is 5.94. The molecule has 1 saturated heterocycles. The Kier molecular flexibility index (Phi) is 6.85. The average Bonchev–Trinajstić information content (AvgIpc) is 2.89. The van der Waals surface area contributed by atoms with Crippen LogP contribution in [0.25, 0.3) is 0 Å². The van der Waals surface area contributed by atoms with Gasteiger partial charge in [0.05, 0.1) is 24.8 Å². The van der Waals surface area contributed by atoms with Crippen molar-refractivity contribution in [2.45, 2.75) is 31.5 Å². The lowest BCUT2D eigenvalue weighted by atomic mass is 10.1. The van der Waals surface area contributed by atoms with Crippen molar-refractivity contribution in [1.29, 1.82) is 0 Å². The molecule has 29 heavy (non-hydrogen) atoms. The first-order valence-corrected chi connectivity index (χ1v) is 9.64. The zero-order chi connectivity index (χ0) is 20.8. The summed E-state index contributed by atoms with van der Waals surface area (Å²) in [6.45, 7) is 1.94. The maximum atomic E-state index is 12.6. The third-order valence-electron chi connectivity index (χ3n) is 5.17. The maximum Gasteiger partial charge on any atom is 0.335 e. The molecule has 0 aromatic heterocycles. The molecular formula is C22H26N2O5. The molecule has 2 aromatic rings. The number of aliphatic hydroxyl groups is 1. The number of carbonyl (C=O) groups excluding carboxylic acids is 1. The Hall–Kier alpha value is -2.90. The second kappa shape index (κ2) is 9.54. The second-order valence-corrected chi connectivity index (χ2v) is 7.26. The van der Waals surface area contributed by atoms with Crippen molar-refractivity contribution in [3.63, 3.8) is 0 Å². The number of carboxylic acids is 1. The maximum absolute atomic E-state index is 12.6. The number of aromatic carboxylic acids is 1. The van der Waals surface area contributed by atoms with E-state index in [0.717, 1.165) is 18.5 Å². The number of rotatable bonds is 6. The minimum Gasteiger partial charge on any atom is -0.497 e. The fourth-order valence-electron chi connectivity index (χ4n) is 3.51.